The lowest BCUT2D eigenvalue weighted by Crippen LogP contribution is -1.89. The maximum Gasteiger partial charge on any atom is 0.238 e. The lowest BCUT2D eigenvalue weighted by molar-refractivity contribution is 0.458. The SMILES string of the molecule is Cc1cc(Oc2cnccc2C#N)n[nH]1. The molecule has 2 aromatic heterocycles. The van der Waals surface area contributed by atoms with E-state index in [1.54, 1.807) is 18.3 Å². The molecule has 0 amide bonds. The molecular weight excluding hydrogens is 192 g/mol. The Morgan fingerprint density at radius 3 is 3.07 bits per heavy atom. The second-order valence-corrected chi connectivity index (χ2v) is 2.97. The number of nitriles is 1. The van der Waals surface area contributed by atoms with Gasteiger partial charge in [0.25, 0.3) is 0 Å². The van der Waals surface area contributed by atoms with Crippen LogP contribution in [0.4, 0.5) is 0 Å². The molecule has 0 aliphatic carbocycles. The lowest BCUT2D eigenvalue weighted by atomic mass is 10.3. The van der Waals surface area contributed by atoms with Gasteiger partial charge in [-0.2, -0.15) is 5.26 Å². The minimum absolute atomic E-state index is 0.409. The van der Waals surface area contributed by atoms with Crippen molar-refractivity contribution in [1.82, 2.24) is 15.2 Å². The number of nitrogens with one attached hydrogen (secondary N) is 1. The van der Waals surface area contributed by atoms with E-state index >= 15 is 0 Å². The molecule has 0 aromatic carbocycles. The van der Waals surface area contributed by atoms with E-state index in [1.165, 1.54) is 6.20 Å². The van der Waals surface area contributed by atoms with Crippen LogP contribution in [0.2, 0.25) is 0 Å². The highest BCUT2D eigenvalue weighted by Gasteiger charge is 2.05. The van der Waals surface area contributed by atoms with E-state index in [-0.39, 0.29) is 0 Å². The summed E-state index contributed by atoms with van der Waals surface area (Å²) in [7, 11) is 0. The quantitative estimate of drug-likeness (QED) is 0.801. The summed E-state index contributed by atoms with van der Waals surface area (Å²) in [5.74, 6) is 0.837. The Bertz CT molecular complexity index is 512. The van der Waals surface area contributed by atoms with Gasteiger partial charge in [0.05, 0.1) is 11.8 Å². The molecule has 0 bridgehead atoms. The molecule has 5 nitrogen and oxygen atoms in total. The standard InChI is InChI=1S/C10H8N4O/c1-7-4-10(14-13-7)15-9-6-12-3-2-8(9)5-11/h2-4,6H,1H3,(H,13,14). The fourth-order valence-corrected chi connectivity index (χ4v) is 1.11. The Kier molecular flexibility index (Phi) is 2.33. The summed E-state index contributed by atoms with van der Waals surface area (Å²) in [6, 6.07) is 5.36. The molecule has 0 saturated heterocycles. The first-order chi connectivity index (χ1) is 7.29. The van der Waals surface area contributed by atoms with Crippen LogP contribution in [0.1, 0.15) is 11.3 Å². The Hall–Kier alpha value is -2.35. The van der Waals surface area contributed by atoms with Gasteiger partial charge in [0, 0.05) is 18.0 Å². The van der Waals surface area contributed by atoms with Gasteiger partial charge in [0.2, 0.25) is 5.88 Å². The number of aryl methyl sites for hydroxylation is 1. The van der Waals surface area contributed by atoms with E-state index in [2.05, 4.69) is 15.2 Å². The fraction of sp³-hybridized carbons (Fsp3) is 0.100. The Morgan fingerprint density at radius 1 is 1.53 bits per heavy atom. The predicted octanol–water partition coefficient (Wildman–Crippen LogP) is 1.78. The first-order valence-electron chi connectivity index (χ1n) is 4.33. The van der Waals surface area contributed by atoms with Crippen LogP contribution in [0.25, 0.3) is 0 Å². The third-order valence-electron chi connectivity index (χ3n) is 1.80. The average Bonchev–Trinajstić information content (AvgIpc) is 2.65. The van der Waals surface area contributed by atoms with Gasteiger partial charge < -0.3 is 4.74 Å². The zero-order valence-corrected chi connectivity index (χ0v) is 8.06. The number of hydrogen-bond acceptors (Lipinski definition) is 4. The molecule has 15 heavy (non-hydrogen) atoms. The maximum absolute atomic E-state index is 8.82. The molecule has 0 aliphatic heterocycles. The van der Waals surface area contributed by atoms with Gasteiger partial charge in [-0.15, -0.1) is 5.10 Å². The minimum Gasteiger partial charge on any atom is -0.435 e. The number of aromatic nitrogens is 3. The van der Waals surface area contributed by atoms with E-state index in [9.17, 15) is 0 Å². The smallest absolute Gasteiger partial charge is 0.238 e. The highest BCUT2D eigenvalue weighted by molar-refractivity contribution is 5.42. The van der Waals surface area contributed by atoms with Gasteiger partial charge in [-0.1, -0.05) is 0 Å². The second kappa shape index (κ2) is 3.80. The van der Waals surface area contributed by atoms with Gasteiger partial charge in [-0.25, -0.2) is 0 Å². The van der Waals surface area contributed by atoms with E-state index in [0.29, 0.717) is 17.2 Å². The zero-order chi connectivity index (χ0) is 10.7. The van der Waals surface area contributed by atoms with Gasteiger partial charge >= 0.3 is 0 Å². The summed E-state index contributed by atoms with van der Waals surface area (Å²) in [6.07, 6.45) is 3.03. The largest absolute Gasteiger partial charge is 0.435 e. The molecular formula is C10H8N4O. The second-order valence-electron chi connectivity index (χ2n) is 2.97. The van der Waals surface area contributed by atoms with Crippen molar-refractivity contribution >= 4 is 0 Å². The van der Waals surface area contributed by atoms with Crippen LogP contribution >= 0.6 is 0 Å². The normalized spacial score (nSPS) is 9.60. The maximum atomic E-state index is 8.82. The van der Waals surface area contributed by atoms with Crippen LogP contribution < -0.4 is 4.74 Å². The topological polar surface area (TPSA) is 74.6 Å². The third kappa shape index (κ3) is 1.94. The molecule has 1 N–H and O–H groups in total. The number of ether oxygens (including phenoxy) is 1. The van der Waals surface area contributed by atoms with Crippen LogP contribution in [0.15, 0.2) is 24.5 Å². The first kappa shape index (κ1) is 9.21. The Balaban J connectivity index is 2.28. The van der Waals surface area contributed by atoms with Gasteiger partial charge in [0.15, 0.2) is 5.75 Å². The number of nitrogens with zero attached hydrogens (tertiary/aromatic N) is 3. The molecule has 2 aromatic rings. The molecule has 0 aliphatic rings. The van der Waals surface area contributed by atoms with Crippen molar-refractivity contribution in [3.8, 4) is 17.7 Å². The van der Waals surface area contributed by atoms with E-state index in [0.717, 1.165) is 5.69 Å². The summed E-state index contributed by atoms with van der Waals surface area (Å²) in [5, 5.41) is 15.5. The highest BCUT2D eigenvalue weighted by atomic mass is 16.5. The van der Waals surface area contributed by atoms with Crippen molar-refractivity contribution in [3.63, 3.8) is 0 Å². The average molecular weight is 200 g/mol. The van der Waals surface area contributed by atoms with Crippen molar-refractivity contribution in [2.75, 3.05) is 0 Å². The molecule has 0 unspecified atom stereocenters. The highest BCUT2D eigenvalue weighted by Crippen LogP contribution is 2.22. The summed E-state index contributed by atoms with van der Waals surface area (Å²) in [6.45, 7) is 1.87. The Labute approximate surface area is 86.3 Å². The number of aromatic amines is 1. The molecule has 0 radical (unpaired) electrons. The molecule has 2 rings (SSSR count). The van der Waals surface area contributed by atoms with E-state index in [1.807, 2.05) is 13.0 Å². The van der Waals surface area contributed by atoms with Crippen molar-refractivity contribution in [2.24, 2.45) is 0 Å². The molecule has 0 spiro atoms. The summed E-state index contributed by atoms with van der Waals surface area (Å²) >= 11 is 0. The van der Waals surface area contributed by atoms with Crippen LogP contribution in [0, 0.1) is 18.3 Å². The van der Waals surface area contributed by atoms with Gasteiger partial charge in [0.1, 0.15) is 6.07 Å². The molecule has 0 atom stereocenters. The summed E-state index contributed by atoms with van der Waals surface area (Å²) in [4.78, 5) is 3.88. The van der Waals surface area contributed by atoms with Crippen molar-refractivity contribution in [1.29, 1.82) is 5.26 Å². The van der Waals surface area contributed by atoms with Crippen LogP contribution in [0.5, 0.6) is 11.6 Å². The molecule has 74 valence electrons. The number of H-pyrrole nitrogens is 1. The van der Waals surface area contributed by atoms with Crippen molar-refractivity contribution in [3.05, 3.63) is 35.8 Å². The van der Waals surface area contributed by atoms with Crippen LogP contribution in [0.3, 0.4) is 0 Å². The minimum atomic E-state index is 0.409. The number of rotatable bonds is 2. The van der Waals surface area contributed by atoms with Crippen molar-refractivity contribution < 1.29 is 4.74 Å². The number of hydrogen-bond donors (Lipinski definition) is 1. The third-order valence-corrected chi connectivity index (χ3v) is 1.80. The first-order valence-corrected chi connectivity index (χ1v) is 4.33. The zero-order valence-electron chi connectivity index (χ0n) is 8.06. The number of pyridine rings is 1. The van der Waals surface area contributed by atoms with Gasteiger partial charge in [-0.3, -0.25) is 10.1 Å². The molecule has 5 heteroatoms. The monoisotopic (exact) mass is 200 g/mol. The van der Waals surface area contributed by atoms with Gasteiger partial charge in [-0.05, 0) is 13.0 Å². The molecule has 0 fully saturated rings. The van der Waals surface area contributed by atoms with Crippen LogP contribution in [-0.2, 0) is 0 Å². The van der Waals surface area contributed by atoms with Crippen LogP contribution in [-0.4, -0.2) is 15.2 Å². The summed E-state index contributed by atoms with van der Waals surface area (Å²) < 4.78 is 5.39. The fourth-order valence-electron chi connectivity index (χ4n) is 1.11. The Morgan fingerprint density at radius 2 is 2.40 bits per heavy atom. The lowest BCUT2D eigenvalue weighted by Gasteiger charge is -2.01. The molecule has 0 saturated carbocycles. The van der Waals surface area contributed by atoms with E-state index in [4.69, 9.17) is 10.00 Å². The summed E-state index contributed by atoms with van der Waals surface area (Å²) in [5.41, 5.74) is 1.33. The van der Waals surface area contributed by atoms with Crippen molar-refractivity contribution in [2.45, 2.75) is 6.92 Å². The molecule has 2 heterocycles. The predicted molar refractivity (Wildman–Crippen MR) is 52.4 cm³/mol. The van der Waals surface area contributed by atoms with E-state index < -0.39 is 0 Å².